The van der Waals surface area contributed by atoms with E-state index in [0.717, 1.165) is 6.54 Å². The van der Waals surface area contributed by atoms with E-state index in [1.165, 1.54) is 70.9 Å². The van der Waals surface area contributed by atoms with Gasteiger partial charge in [0.05, 0.1) is 0 Å². The van der Waals surface area contributed by atoms with Crippen LogP contribution in [0.15, 0.2) is 0 Å². The van der Waals surface area contributed by atoms with Gasteiger partial charge in [-0.2, -0.15) is 0 Å². The minimum Gasteiger partial charge on any atom is -0.329 e. The Bertz CT molecular complexity index is 159. The molecule has 1 aliphatic heterocycles. The molecule has 1 unspecified atom stereocenters. The third-order valence-corrected chi connectivity index (χ3v) is 3.82. The second-order valence-electron chi connectivity index (χ2n) is 5.19. The van der Waals surface area contributed by atoms with Crippen LogP contribution in [0.1, 0.15) is 64.7 Å². The average molecular weight is 226 g/mol. The van der Waals surface area contributed by atoms with E-state index in [1.807, 2.05) is 0 Å². The third-order valence-electron chi connectivity index (χ3n) is 3.82. The van der Waals surface area contributed by atoms with Crippen LogP contribution in [0.2, 0.25) is 0 Å². The highest BCUT2D eigenvalue weighted by Gasteiger charge is 2.21. The van der Waals surface area contributed by atoms with Crippen molar-refractivity contribution in [1.29, 1.82) is 0 Å². The van der Waals surface area contributed by atoms with Crippen LogP contribution in [0.5, 0.6) is 0 Å². The Hall–Kier alpha value is -0.0800. The first-order chi connectivity index (χ1) is 7.88. The van der Waals surface area contributed by atoms with E-state index in [-0.39, 0.29) is 0 Å². The molecular weight excluding hydrogens is 196 g/mol. The summed E-state index contributed by atoms with van der Waals surface area (Å²) in [7, 11) is 0. The number of nitrogens with zero attached hydrogens (tertiary/aromatic N) is 1. The van der Waals surface area contributed by atoms with Crippen LogP contribution >= 0.6 is 0 Å². The van der Waals surface area contributed by atoms with Crippen molar-refractivity contribution in [2.45, 2.75) is 70.8 Å². The normalized spacial score (nSPS) is 21.8. The van der Waals surface area contributed by atoms with Crippen molar-refractivity contribution in [3.05, 3.63) is 0 Å². The molecule has 0 bridgehead atoms. The molecular formula is C14H30N2. The van der Waals surface area contributed by atoms with E-state index in [4.69, 9.17) is 5.73 Å². The molecule has 1 rings (SSSR count). The molecule has 0 aromatic carbocycles. The van der Waals surface area contributed by atoms with Gasteiger partial charge in [0.25, 0.3) is 0 Å². The van der Waals surface area contributed by atoms with Crippen molar-refractivity contribution < 1.29 is 0 Å². The monoisotopic (exact) mass is 226 g/mol. The highest BCUT2D eigenvalue weighted by molar-refractivity contribution is 4.79. The fraction of sp³-hybridized carbons (Fsp3) is 1.00. The Morgan fingerprint density at radius 1 is 1.06 bits per heavy atom. The zero-order chi connectivity index (χ0) is 11.6. The topological polar surface area (TPSA) is 29.3 Å². The van der Waals surface area contributed by atoms with Crippen molar-refractivity contribution in [1.82, 2.24) is 4.90 Å². The predicted molar refractivity (Wildman–Crippen MR) is 71.6 cm³/mol. The van der Waals surface area contributed by atoms with Crippen LogP contribution in [0.3, 0.4) is 0 Å². The lowest BCUT2D eigenvalue weighted by molar-refractivity contribution is 0.252. The fourth-order valence-corrected chi connectivity index (χ4v) is 2.73. The van der Waals surface area contributed by atoms with Crippen molar-refractivity contribution in [3.8, 4) is 0 Å². The maximum atomic E-state index is 5.77. The number of hydrogen-bond acceptors (Lipinski definition) is 2. The van der Waals surface area contributed by atoms with Crippen LogP contribution in [0.25, 0.3) is 0 Å². The van der Waals surface area contributed by atoms with Crippen LogP contribution in [-0.4, -0.2) is 30.6 Å². The summed E-state index contributed by atoms with van der Waals surface area (Å²) in [5.41, 5.74) is 5.77. The summed E-state index contributed by atoms with van der Waals surface area (Å²) in [6, 6.07) is 0.695. The van der Waals surface area contributed by atoms with Crippen LogP contribution < -0.4 is 5.73 Å². The molecule has 0 radical (unpaired) electrons. The molecule has 1 atom stereocenters. The molecule has 1 saturated heterocycles. The lowest BCUT2D eigenvalue weighted by Crippen LogP contribution is -2.35. The molecule has 2 heteroatoms. The smallest absolute Gasteiger partial charge is 0.0218 e. The highest BCUT2D eigenvalue weighted by Crippen LogP contribution is 2.17. The van der Waals surface area contributed by atoms with E-state index >= 15 is 0 Å². The summed E-state index contributed by atoms with van der Waals surface area (Å²) in [5, 5.41) is 0. The quantitative estimate of drug-likeness (QED) is 0.612. The molecule has 0 aromatic heterocycles. The molecule has 0 saturated carbocycles. The summed E-state index contributed by atoms with van der Waals surface area (Å²) in [6.45, 7) is 5.71. The van der Waals surface area contributed by atoms with Gasteiger partial charge in [0, 0.05) is 12.6 Å². The van der Waals surface area contributed by atoms with Crippen molar-refractivity contribution in [3.63, 3.8) is 0 Å². The van der Waals surface area contributed by atoms with Gasteiger partial charge >= 0.3 is 0 Å². The highest BCUT2D eigenvalue weighted by atomic mass is 15.2. The van der Waals surface area contributed by atoms with Gasteiger partial charge in [-0.15, -0.1) is 0 Å². The Morgan fingerprint density at radius 2 is 1.75 bits per heavy atom. The van der Waals surface area contributed by atoms with Crippen molar-refractivity contribution in [2.75, 3.05) is 19.6 Å². The summed E-state index contributed by atoms with van der Waals surface area (Å²) in [4.78, 5) is 2.60. The van der Waals surface area contributed by atoms with Gasteiger partial charge in [0.2, 0.25) is 0 Å². The molecule has 1 heterocycles. The van der Waals surface area contributed by atoms with Crippen molar-refractivity contribution >= 4 is 0 Å². The first-order valence-corrected chi connectivity index (χ1v) is 7.32. The molecule has 2 N–H and O–H groups in total. The number of nitrogens with two attached hydrogens (primary N) is 1. The molecule has 1 fully saturated rings. The lowest BCUT2D eigenvalue weighted by atomic mass is 10.1. The zero-order valence-corrected chi connectivity index (χ0v) is 11.1. The van der Waals surface area contributed by atoms with Gasteiger partial charge in [0.15, 0.2) is 0 Å². The van der Waals surface area contributed by atoms with E-state index in [2.05, 4.69) is 11.8 Å². The summed E-state index contributed by atoms with van der Waals surface area (Å²) in [5.74, 6) is 0. The van der Waals surface area contributed by atoms with E-state index in [0.29, 0.717) is 6.04 Å². The summed E-state index contributed by atoms with van der Waals surface area (Å²) in [6.07, 6.45) is 12.6. The molecule has 0 aliphatic carbocycles. The molecule has 0 spiro atoms. The minimum absolute atomic E-state index is 0.695. The Balaban J connectivity index is 1.90. The number of unbranched alkanes of at least 4 members (excludes halogenated alkanes) is 6. The average Bonchev–Trinajstić information content (AvgIpc) is 2.75. The second kappa shape index (κ2) is 9.00. The van der Waals surface area contributed by atoms with Gasteiger partial charge in [-0.25, -0.2) is 0 Å². The van der Waals surface area contributed by atoms with E-state index in [9.17, 15) is 0 Å². The predicted octanol–water partition coefficient (Wildman–Crippen LogP) is 3.16. The molecule has 0 aromatic rings. The zero-order valence-electron chi connectivity index (χ0n) is 11.1. The fourth-order valence-electron chi connectivity index (χ4n) is 2.73. The standard InChI is InChI=1S/C14H30N2/c1-2-3-4-5-6-7-8-11-16-12-9-10-14(16)13-15/h14H,2-13,15H2,1H3. The van der Waals surface area contributed by atoms with Crippen molar-refractivity contribution in [2.24, 2.45) is 5.73 Å². The van der Waals surface area contributed by atoms with Crippen LogP contribution in [0.4, 0.5) is 0 Å². The first kappa shape index (κ1) is 14.0. The van der Waals surface area contributed by atoms with Gasteiger partial charge in [-0.05, 0) is 32.4 Å². The van der Waals surface area contributed by atoms with Crippen LogP contribution in [0, 0.1) is 0 Å². The maximum absolute atomic E-state index is 5.77. The van der Waals surface area contributed by atoms with Gasteiger partial charge in [-0.1, -0.05) is 45.4 Å². The van der Waals surface area contributed by atoms with E-state index < -0.39 is 0 Å². The van der Waals surface area contributed by atoms with Crippen LogP contribution in [-0.2, 0) is 0 Å². The molecule has 16 heavy (non-hydrogen) atoms. The minimum atomic E-state index is 0.695. The van der Waals surface area contributed by atoms with Gasteiger partial charge in [-0.3, -0.25) is 4.90 Å². The number of likely N-dealkylation sites (tertiary alicyclic amines) is 1. The lowest BCUT2D eigenvalue weighted by Gasteiger charge is -2.22. The third kappa shape index (κ3) is 5.31. The molecule has 2 nitrogen and oxygen atoms in total. The Kier molecular flexibility index (Phi) is 7.87. The SMILES string of the molecule is CCCCCCCCCN1CCCC1CN. The molecule has 0 amide bonds. The summed E-state index contributed by atoms with van der Waals surface area (Å²) < 4.78 is 0. The molecule has 1 aliphatic rings. The largest absolute Gasteiger partial charge is 0.329 e. The maximum Gasteiger partial charge on any atom is 0.0218 e. The second-order valence-corrected chi connectivity index (χ2v) is 5.19. The first-order valence-electron chi connectivity index (χ1n) is 7.32. The number of hydrogen-bond donors (Lipinski definition) is 1. The molecule has 96 valence electrons. The van der Waals surface area contributed by atoms with Gasteiger partial charge < -0.3 is 5.73 Å². The number of rotatable bonds is 9. The Morgan fingerprint density at radius 3 is 2.44 bits per heavy atom. The van der Waals surface area contributed by atoms with Gasteiger partial charge in [0.1, 0.15) is 0 Å². The summed E-state index contributed by atoms with van der Waals surface area (Å²) >= 11 is 0. The van der Waals surface area contributed by atoms with E-state index in [1.54, 1.807) is 0 Å². The Labute approximate surface area is 102 Å².